The van der Waals surface area contributed by atoms with Crippen molar-refractivity contribution >= 4 is 23.1 Å². The van der Waals surface area contributed by atoms with Gasteiger partial charge in [0.15, 0.2) is 0 Å². The average Bonchev–Trinajstić information content (AvgIpc) is 1.61. The summed E-state index contributed by atoms with van der Waals surface area (Å²) in [5.74, 6) is 0. The maximum absolute atomic E-state index is 4.94. The molecular formula is C4H12OSSi. The Morgan fingerprint density at radius 2 is 2.43 bits per heavy atom. The first-order valence-corrected chi connectivity index (χ1v) is 3.77. The minimum atomic E-state index is 0.494. The van der Waals surface area contributed by atoms with Crippen molar-refractivity contribution < 1.29 is 4.43 Å². The van der Waals surface area contributed by atoms with Crippen molar-refractivity contribution in [2.75, 3.05) is 6.61 Å². The van der Waals surface area contributed by atoms with Gasteiger partial charge in [-0.3, -0.25) is 0 Å². The van der Waals surface area contributed by atoms with E-state index in [9.17, 15) is 0 Å². The standard InChI is InChI=1S/C4H12OSSi/c1-4(6)2-3-5-7/h4,6H,2-3H2,1,7H3. The van der Waals surface area contributed by atoms with Gasteiger partial charge < -0.3 is 4.43 Å². The molecule has 1 unspecified atom stereocenters. The highest BCUT2D eigenvalue weighted by molar-refractivity contribution is 7.80. The summed E-state index contributed by atoms with van der Waals surface area (Å²) >= 11 is 4.17. The zero-order chi connectivity index (χ0) is 5.70. The number of rotatable bonds is 3. The van der Waals surface area contributed by atoms with Gasteiger partial charge in [0.1, 0.15) is 10.5 Å². The summed E-state index contributed by atoms with van der Waals surface area (Å²) in [6, 6.07) is 0. The van der Waals surface area contributed by atoms with Crippen molar-refractivity contribution in [3.8, 4) is 0 Å². The summed E-state index contributed by atoms with van der Waals surface area (Å²) in [5.41, 5.74) is 0. The molecule has 0 spiro atoms. The number of hydrogen-bond donors (Lipinski definition) is 1. The Balaban J connectivity index is 2.68. The van der Waals surface area contributed by atoms with Crippen LogP contribution in [-0.4, -0.2) is 22.3 Å². The molecule has 44 valence electrons. The maximum Gasteiger partial charge on any atom is 0.145 e. The summed E-state index contributed by atoms with van der Waals surface area (Å²) in [6.07, 6.45) is 1.08. The van der Waals surface area contributed by atoms with Crippen molar-refractivity contribution in [3.05, 3.63) is 0 Å². The molecule has 0 N–H and O–H groups in total. The van der Waals surface area contributed by atoms with Crippen LogP contribution in [-0.2, 0) is 4.43 Å². The van der Waals surface area contributed by atoms with Crippen molar-refractivity contribution in [1.29, 1.82) is 0 Å². The van der Waals surface area contributed by atoms with Crippen LogP contribution >= 0.6 is 12.6 Å². The molecule has 0 aliphatic heterocycles. The van der Waals surface area contributed by atoms with Gasteiger partial charge in [-0.1, -0.05) is 6.92 Å². The number of thiol groups is 1. The van der Waals surface area contributed by atoms with E-state index < -0.39 is 0 Å². The van der Waals surface area contributed by atoms with Crippen LogP contribution in [0.5, 0.6) is 0 Å². The topological polar surface area (TPSA) is 9.23 Å². The molecule has 0 bridgehead atoms. The van der Waals surface area contributed by atoms with Gasteiger partial charge in [-0.2, -0.15) is 12.6 Å². The third kappa shape index (κ3) is 6.53. The molecule has 0 fully saturated rings. The second kappa shape index (κ2) is 4.68. The molecule has 0 amide bonds. The first-order valence-electron chi connectivity index (χ1n) is 2.44. The summed E-state index contributed by atoms with van der Waals surface area (Å²) in [7, 11) is 0.861. The molecule has 3 heteroatoms. The third-order valence-corrected chi connectivity index (χ3v) is 1.41. The normalized spacial score (nSPS) is 14.6. The predicted molar refractivity (Wildman–Crippen MR) is 39.0 cm³/mol. The average molecular weight is 136 g/mol. The fourth-order valence-electron chi connectivity index (χ4n) is 0.288. The van der Waals surface area contributed by atoms with E-state index in [1.165, 1.54) is 0 Å². The maximum atomic E-state index is 4.94. The molecule has 0 radical (unpaired) electrons. The summed E-state index contributed by atoms with van der Waals surface area (Å²) in [5, 5.41) is 0.494. The fraction of sp³-hybridized carbons (Fsp3) is 1.00. The van der Waals surface area contributed by atoms with Gasteiger partial charge >= 0.3 is 0 Å². The Morgan fingerprint density at radius 3 is 2.57 bits per heavy atom. The molecule has 0 heterocycles. The van der Waals surface area contributed by atoms with Gasteiger partial charge in [0.2, 0.25) is 0 Å². The quantitative estimate of drug-likeness (QED) is 0.424. The lowest BCUT2D eigenvalue weighted by atomic mass is 10.4. The smallest absolute Gasteiger partial charge is 0.145 e. The Morgan fingerprint density at radius 1 is 1.86 bits per heavy atom. The van der Waals surface area contributed by atoms with Gasteiger partial charge in [-0.05, 0) is 6.42 Å². The Hall–Kier alpha value is 0.527. The van der Waals surface area contributed by atoms with Gasteiger partial charge in [0, 0.05) is 11.9 Å². The highest BCUT2D eigenvalue weighted by atomic mass is 32.1. The second-order valence-electron chi connectivity index (χ2n) is 1.63. The van der Waals surface area contributed by atoms with Crippen LogP contribution in [0.25, 0.3) is 0 Å². The summed E-state index contributed by atoms with van der Waals surface area (Å²) < 4.78 is 4.94. The van der Waals surface area contributed by atoms with Crippen LogP contribution < -0.4 is 0 Å². The van der Waals surface area contributed by atoms with Crippen LogP contribution in [0.15, 0.2) is 0 Å². The van der Waals surface area contributed by atoms with E-state index >= 15 is 0 Å². The molecule has 0 aliphatic carbocycles. The molecule has 0 aromatic carbocycles. The van der Waals surface area contributed by atoms with E-state index in [-0.39, 0.29) is 0 Å². The van der Waals surface area contributed by atoms with Crippen LogP contribution in [0.1, 0.15) is 13.3 Å². The van der Waals surface area contributed by atoms with Gasteiger partial charge in [0.05, 0.1) is 0 Å². The monoisotopic (exact) mass is 136 g/mol. The minimum absolute atomic E-state index is 0.494. The van der Waals surface area contributed by atoms with E-state index in [0.717, 1.165) is 23.5 Å². The van der Waals surface area contributed by atoms with Crippen LogP contribution in [0.2, 0.25) is 0 Å². The molecule has 7 heavy (non-hydrogen) atoms. The van der Waals surface area contributed by atoms with E-state index in [1.807, 2.05) is 0 Å². The molecule has 0 rings (SSSR count). The van der Waals surface area contributed by atoms with E-state index in [4.69, 9.17) is 4.43 Å². The molecular weight excluding hydrogens is 124 g/mol. The molecule has 0 saturated carbocycles. The molecule has 1 atom stereocenters. The third-order valence-electron chi connectivity index (χ3n) is 0.740. The van der Waals surface area contributed by atoms with Crippen molar-refractivity contribution in [1.82, 2.24) is 0 Å². The van der Waals surface area contributed by atoms with Gasteiger partial charge in [0.25, 0.3) is 0 Å². The van der Waals surface area contributed by atoms with E-state index in [1.54, 1.807) is 0 Å². The zero-order valence-electron chi connectivity index (χ0n) is 4.85. The minimum Gasteiger partial charge on any atom is -0.428 e. The van der Waals surface area contributed by atoms with Crippen molar-refractivity contribution in [2.24, 2.45) is 0 Å². The Labute approximate surface area is 53.4 Å². The second-order valence-corrected chi connectivity index (χ2v) is 3.09. The van der Waals surface area contributed by atoms with Crippen molar-refractivity contribution in [2.45, 2.75) is 18.6 Å². The molecule has 0 aliphatic rings. The van der Waals surface area contributed by atoms with E-state index in [0.29, 0.717) is 5.25 Å². The highest BCUT2D eigenvalue weighted by Gasteiger charge is 1.89. The van der Waals surface area contributed by atoms with Crippen LogP contribution in [0.4, 0.5) is 0 Å². The molecule has 0 aromatic heterocycles. The zero-order valence-corrected chi connectivity index (χ0v) is 7.74. The fourth-order valence-corrected chi connectivity index (χ4v) is 0.630. The highest BCUT2D eigenvalue weighted by Crippen LogP contribution is 1.96. The lowest BCUT2D eigenvalue weighted by Crippen LogP contribution is -1.97. The van der Waals surface area contributed by atoms with E-state index in [2.05, 4.69) is 19.6 Å². The van der Waals surface area contributed by atoms with Gasteiger partial charge in [-0.25, -0.2) is 0 Å². The Kier molecular flexibility index (Phi) is 5.03. The largest absolute Gasteiger partial charge is 0.428 e. The Bertz CT molecular complexity index is 40.7. The molecule has 0 saturated heterocycles. The predicted octanol–water partition coefficient (Wildman–Crippen LogP) is -0.00820. The van der Waals surface area contributed by atoms with Gasteiger partial charge in [-0.15, -0.1) is 0 Å². The summed E-state index contributed by atoms with van der Waals surface area (Å²) in [4.78, 5) is 0. The van der Waals surface area contributed by atoms with Crippen molar-refractivity contribution in [3.63, 3.8) is 0 Å². The molecule has 1 nitrogen and oxygen atoms in total. The first-order chi connectivity index (χ1) is 3.27. The lowest BCUT2D eigenvalue weighted by Gasteiger charge is -1.99. The first kappa shape index (κ1) is 7.53. The SMILES string of the molecule is CC(S)CCO[SiH3]. The summed E-state index contributed by atoms with van der Waals surface area (Å²) in [6.45, 7) is 2.96. The van der Waals surface area contributed by atoms with Crippen LogP contribution in [0, 0.1) is 0 Å². The number of hydrogen-bond acceptors (Lipinski definition) is 2. The lowest BCUT2D eigenvalue weighted by molar-refractivity contribution is 0.342. The molecule has 0 aromatic rings. The van der Waals surface area contributed by atoms with Crippen LogP contribution in [0.3, 0.4) is 0 Å².